The van der Waals surface area contributed by atoms with Crippen LogP contribution in [0.15, 0.2) is 65.2 Å². The molecule has 2 aromatic rings. The number of ether oxygens (including phenoxy) is 1. The molecule has 2 rings (SSSR count). The quantitative estimate of drug-likeness (QED) is 0.295. The second-order valence-corrected chi connectivity index (χ2v) is 7.53. The molecule has 0 heterocycles. The van der Waals surface area contributed by atoms with Crippen LogP contribution < -0.4 is 10.8 Å². The average Bonchev–Trinajstić information content (AvgIpc) is 2.67. The summed E-state index contributed by atoms with van der Waals surface area (Å²) in [7, 11) is 0. The number of carbonyl (C=O) groups is 2. The fourth-order valence-electron chi connectivity index (χ4n) is 2.54. The van der Waals surface area contributed by atoms with E-state index in [4.69, 9.17) is 9.94 Å². The van der Waals surface area contributed by atoms with Crippen molar-refractivity contribution in [1.29, 1.82) is 0 Å². The van der Waals surface area contributed by atoms with Gasteiger partial charge < -0.3 is 9.84 Å². The highest BCUT2D eigenvalue weighted by atomic mass is 79.9. The van der Waals surface area contributed by atoms with Gasteiger partial charge in [-0.2, -0.15) is 0 Å². The second-order valence-electron chi connectivity index (χ2n) is 6.61. The first kappa shape index (κ1) is 21.5. The van der Waals surface area contributed by atoms with E-state index in [0.29, 0.717) is 15.7 Å². The molecule has 0 aliphatic rings. The van der Waals surface area contributed by atoms with Crippen molar-refractivity contribution in [2.24, 2.45) is 5.41 Å². The van der Waals surface area contributed by atoms with Crippen molar-refractivity contribution < 1.29 is 24.6 Å². The maximum atomic E-state index is 12.5. The van der Waals surface area contributed by atoms with Crippen molar-refractivity contribution >= 4 is 33.6 Å². The van der Waals surface area contributed by atoms with Crippen LogP contribution in [-0.2, 0) is 9.53 Å². The number of hydroxylamine groups is 1. The number of amides is 2. The SMILES string of the molecule is CC(C)(/C=C/C(=O)NO)[C@H](OC(=O)Nc1ccccc1)c1cc(Br)ccc1O. The summed E-state index contributed by atoms with van der Waals surface area (Å²) in [6.07, 6.45) is 0.958. The molecule has 8 heteroatoms. The van der Waals surface area contributed by atoms with Crippen LogP contribution in [0.25, 0.3) is 0 Å². The molecule has 2 aromatic carbocycles. The smallest absolute Gasteiger partial charge is 0.412 e. The lowest BCUT2D eigenvalue weighted by Gasteiger charge is -2.32. The van der Waals surface area contributed by atoms with Crippen molar-refractivity contribution in [2.75, 3.05) is 5.32 Å². The van der Waals surface area contributed by atoms with Gasteiger partial charge in [-0.1, -0.05) is 54.1 Å². The van der Waals surface area contributed by atoms with Gasteiger partial charge in [0.2, 0.25) is 0 Å². The van der Waals surface area contributed by atoms with E-state index in [1.807, 2.05) is 6.07 Å². The third-order valence-corrected chi connectivity index (χ3v) is 4.46. The standard InChI is InChI=1S/C20H21BrN2O5/c1-20(2,11-10-17(25)23-27)18(15-12-13(21)8-9-16(15)24)28-19(26)22-14-6-4-3-5-7-14/h3-12,18,24,27H,1-2H3,(H,22,26)(H,23,25)/b11-10+/t18-/m1/s1. The molecule has 0 saturated carbocycles. The zero-order valence-electron chi connectivity index (χ0n) is 15.3. The number of rotatable bonds is 6. The Morgan fingerprint density at radius 1 is 1.18 bits per heavy atom. The summed E-state index contributed by atoms with van der Waals surface area (Å²) in [5, 5.41) is 21.6. The number of phenols is 1. The van der Waals surface area contributed by atoms with Crippen LogP contribution in [0.1, 0.15) is 25.5 Å². The number of carbonyl (C=O) groups excluding carboxylic acids is 2. The molecule has 0 unspecified atom stereocenters. The van der Waals surface area contributed by atoms with E-state index in [9.17, 15) is 14.7 Å². The summed E-state index contributed by atoms with van der Waals surface area (Å²) in [5.74, 6) is -0.784. The molecule has 0 aromatic heterocycles. The van der Waals surface area contributed by atoms with Crippen molar-refractivity contribution in [1.82, 2.24) is 5.48 Å². The third-order valence-electron chi connectivity index (χ3n) is 3.97. The van der Waals surface area contributed by atoms with Crippen LogP contribution in [0.5, 0.6) is 5.75 Å². The predicted octanol–water partition coefficient (Wildman–Crippen LogP) is 4.53. The molecule has 0 bridgehead atoms. The minimum absolute atomic E-state index is 0.0613. The van der Waals surface area contributed by atoms with Gasteiger partial charge >= 0.3 is 6.09 Å². The molecule has 1 atom stereocenters. The van der Waals surface area contributed by atoms with Crippen LogP contribution in [0, 0.1) is 5.41 Å². The number of phenolic OH excluding ortho intramolecular Hbond substituents is 1. The first-order valence-electron chi connectivity index (χ1n) is 8.37. The maximum absolute atomic E-state index is 12.5. The first-order valence-corrected chi connectivity index (χ1v) is 9.16. The topological polar surface area (TPSA) is 108 Å². The maximum Gasteiger partial charge on any atom is 0.412 e. The van der Waals surface area contributed by atoms with E-state index < -0.39 is 23.5 Å². The van der Waals surface area contributed by atoms with Crippen LogP contribution >= 0.6 is 15.9 Å². The molecular weight excluding hydrogens is 428 g/mol. The molecule has 0 spiro atoms. The summed E-state index contributed by atoms with van der Waals surface area (Å²) in [5.41, 5.74) is 1.51. The summed E-state index contributed by atoms with van der Waals surface area (Å²) in [6, 6.07) is 13.6. The highest BCUT2D eigenvalue weighted by Crippen LogP contribution is 2.42. The lowest BCUT2D eigenvalue weighted by molar-refractivity contribution is -0.124. The highest BCUT2D eigenvalue weighted by Gasteiger charge is 2.34. The Morgan fingerprint density at radius 2 is 1.86 bits per heavy atom. The minimum atomic E-state index is -0.934. The lowest BCUT2D eigenvalue weighted by atomic mass is 9.81. The van der Waals surface area contributed by atoms with E-state index in [1.165, 1.54) is 17.6 Å². The normalized spacial score (nSPS) is 12.4. The van der Waals surface area contributed by atoms with Crippen molar-refractivity contribution in [3.63, 3.8) is 0 Å². The Kier molecular flexibility index (Phi) is 7.19. The number of hydrogen-bond acceptors (Lipinski definition) is 5. The number of anilines is 1. The molecule has 0 radical (unpaired) electrons. The average molecular weight is 449 g/mol. The first-order chi connectivity index (χ1) is 13.2. The van der Waals surface area contributed by atoms with E-state index in [1.54, 1.807) is 50.2 Å². The Hall–Kier alpha value is -2.84. The summed E-state index contributed by atoms with van der Waals surface area (Å²) in [6.45, 7) is 3.46. The fraction of sp³-hybridized carbons (Fsp3) is 0.200. The zero-order valence-corrected chi connectivity index (χ0v) is 16.9. The molecule has 4 N–H and O–H groups in total. The third kappa shape index (κ3) is 5.83. The lowest BCUT2D eigenvalue weighted by Crippen LogP contribution is -2.28. The largest absolute Gasteiger partial charge is 0.508 e. The summed E-state index contributed by atoms with van der Waals surface area (Å²) in [4.78, 5) is 23.8. The molecule has 0 aliphatic heterocycles. The Morgan fingerprint density at radius 3 is 2.50 bits per heavy atom. The molecular formula is C20H21BrN2O5. The second kappa shape index (κ2) is 9.38. The van der Waals surface area contributed by atoms with Crippen molar-refractivity contribution in [3.8, 4) is 5.75 Å². The van der Waals surface area contributed by atoms with Crippen molar-refractivity contribution in [2.45, 2.75) is 20.0 Å². The van der Waals surface area contributed by atoms with E-state index in [-0.39, 0.29) is 5.75 Å². The van der Waals surface area contributed by atoms with Gasteiger partial charge in [-0.25, -0.2) is 10.3 Å². The Bertz CT molecular complexity index is 868. The van der Waals surface area contributed by atoms with E-state index in [0.717, 1.165) is 6.08 Å². The van der Waals surface area contributed by atoms with E-state index >= 15 is 0 Å². The van der Waals surface area contributed by atoms with Gasteiger partial charge in [-0.3, -0.25) is 15.3 Å². The van der Waals surface area contributed by atoms with E-state index in [2.05, 4.69) is 21.2 Å². The van der Waals surface area contributed by atoms with Gasteiger partial charge in [0, 0.05) is 27.2 Å². The van der Waals surface area contributed by atoms with Gasteiger partial charge in [0.25, 0.3) is 5.91 Å². The van der Waals surface area contributed by atoms with Crippen LogP contribution in [0.4, 0.5) is 10.5 Å². The number of aromatic hydroxyl groups is 1. The Labute approximate surface area is 171 Å². The van der Waals surface area contributed by atoms with Gasteiger partial charge in [-0.15, -0.1) is 0 Å². The van der Waals surface area contributed by atoms with Crippen LogP contribution in [-0.4, -0.2) is 22.3 Å². The van der Waals surface area contributed by atoms with Gasteiger partial charge in [0.1, 0.15) is 11.9 Å². The molecule has 2 amide bonds. The van der Waals surface area contributed by atoms with Gasteiger partial charge in [0.05, 0.1) is 0 Å². The number of benzene rings is 2. The monoisotopic (exact) mass is 448 g/mol. The van der Waals surface area contributed by atoms with Crippen molar-refractivity contribution in [3.05, 3.63) is 70.7 Å². The molecule has 7 nitrogen and oxygen atoms in total. The van der Waals surface area contributed by atoms with Gasteiger partial charge in [-0.05, 0) is 30.3 Å². The van der Waals surface area contributed by atoms with Crippen LogP contribution in [0.2, 0.25) is 0 Å². The summed E-state index contributed by atoms with van der Waals surface area (Å²) >= 11 is 3.34. The molecule has 148 valence electrons. The highest BCUT2D eigenvalue weighted by molar-refractivity contribution is 9.10. The Balaban J connectivity index is 2.35. The number of hydrogen-bond donors (Lipinski definition) is 4. The molecule has 0 saturated heterocycles. The predicted molar refractivity (Wildman–Crippen MR) is 108 cm³/mol. The van der Waals surface area contributed by atoms with Gasteiger partial charge in [0.15, 0.2) is 0 Å². The minimum Gasteiger partial charge on any atom is -0.508 e. The molecule has 28 heavy (non-hydrogen) atoms. The van der Waals surface area contributed by atoms with Crippen LogP contribution in [0.3, 0.4) is 0 Å². The molecule has 0 aliphatic carbocycles. The summed E-state index contributed by atoms with van der Waals surface area (Å²) < 4.78 is 6.32. The zero-order chi connectivity index (χ0) is 20.7. The fourth-order valence-corrected chi connectivity index (χ4v) is 2.92. The number of halogens is 1. The number of nitrogens with one attached hydrogen (secondary N) is 2. The molecule has 0 fully saturated rings. The number of para-hydroxylation sites is 1.